The van der Waals surface area contributed by atoms with Crippen LogP contribution >= 0.6 is 0 Å². The normalized spacial score (nSPS) is 11.9. The highest BCUT2D eigenvalue weighted by molar-refractivity contribution is 5.49. The Labute approximate surface area is 117 Å². The lowest BCUT2D eigenvalue weighted by Crippen LogP contribution is -2.08. The number of nitrogens with zero attached hydrogens (tertiary/aromatic N) is 3. The van der Waals surface area contributed by atoms with Gasteiger partial charge >= 0.3 is 0 Å². The molecule has 104 valence electrons. The quantitative estimate of drug-likeness (QED) is 0.907. The molecule has 1 aromatic carbocycles. The SMILES string of the molecule is CCCn1cc(C(C#N)Nc2cc(C)cc(F)c2)cn1. The van der Waals surface area contributed by atoms with Crippen LogP contribution in [0.25, 0.3) is 0 Å². The number of benzene rings is 1. The Kier molecular flexibility index (Phi) is 4.36. The van der Waals surface area contributed by atoms with E-state index in [2.05, 4.69) is 23.4 Å². The predicted octanol–water partition coefficient (Wildman–Crippen LogP) is 3.42. The lowest BCUT2D eigenvalue weighted by Gasteiger charge is -2.12. The number of hydrogen-bond donors (Lipinski definition) is 1. The fraction of sp³-hybridized carbons (Fsp3) is 0.333. The highest BCUT2D eigenvalue weighted by atomic mass is 19.1. The first-order valence-corrected chi connectivity index (χ1v) is 6.58. The smallest absolute Gasteiger partial charge is 0.143 e. The number of rotatable bonds is 5. The van der Waals surface area contributed by atoms with Crippen LogP contribution in [-0.2, 0) is 6.54 Å². The minimum Gasteiger partial charge on any atom is -0.366 e. The van der Waals surface area contributed by atoms with Crippen molar-refractivity contribution in [1.29, 1.82) is 5.26 Å². The summed E-state index contributed by atoms with van der Waals surface area (Å²) in [7, 11) is 0. The molecule has 1 heterocycles. The zero-order chi connectivity index (χ0) is 14.5. The molecule has 5 heteroatoms. The van der Waals surface area contributed by atoms with Gasteiger partial charge in [-0.05, 0) is 37.1 Å². The van der Waals surface area contributed by atoms with E-state index in [1.54, 1.807) is 10.9 Å². The summed E-state index contributed by atoms with van der Waals surface area (Å²) < 4.78 is 15.2. The average Bonchev–Trinajstić information content (AvgIpc) is 2.84. The molecule has 0 amide bonds. The van der Waals surface area contributed by atoms with Crippen molar-refractivity contribution >= 4 is 5.69 Å². The number of nitrogens with one attached hydrogen (secondary N) is 1. The van der Waals surface area contributed by atoms with Crippen LogP contribution in [0.3, 0.4) is 0 Å². The maximum Gasteiger partial charge on any atom is 0.143 e. The molecule has 2 aromatic rings. The fourth-order valence-corrected chi connectivity index (χ4v) is 2.06. The van der Waals surface area contributed by atoms with E-state index in [-0.39, 0.29) is 5.82 Å². The summed E-state index contributed by atoms with van der Waals surface area (Å²) in [6, 6.07) is 6.28. The second-order valence-electron chi connectivity index (χ2n) is 4.76. The molecule has 0 bridgehead atoms. The van der Waals surface area contributed by atoms with Crippen LogP contribution in [0.1, 0.15) is 30.5 Å². The maximum absolute atomic E-state index is 13.3. The average molecular weight is 272 g/mol. The minimum atomic E-state index is -0.540. The molecular weight excluding hydrogens is 255 g/mol. The zero-order valence-electron chi connectivity index (χ0n) is 11.6. The summed E-state index contributed by atoms with van der Waals surface area (Å²) >= 11 is 0. The molecule has 0 spiro atoms. The molecule has 0 radical (unpaired) electrons. The lowest BCUT2D eigenvalue weighted by molar-refractivity contribution is 0.602. The molecule has 1 unspecified atom stereocenters. The van der Waals surface area contributed by atoms with Crippen molar-refractivity contribution in [3.63, 3.8) is 0 Å². The second kappa shape index (κ2) is 6.20. The third-order valence-electron chi connectivity index (χ3n) is 2.92. The number of anilines is 1. The Morgan fingerprint density at radius 3 is 2.90 bits per heavy atom. The van der Waals surface area contributed by atoms with Crippen molar-refractivity contribution in [2.45, 2.75) is 32.9 Å². The molecule has 1 N–H and O–H groups in total. The van der Waals surface area contributed by atoms with Crippen LogP contribution in [0.2, 0.25) is 0 Å². The summed E-state index contributed by atoms with van der Waals surface area (Å²) in [5.41, 5.74) is 2.19. The highest BCUT2D eigenvalue weighted by Crippen LogP contribution is 2.20. The van der Waals surface area contributed by atoms with E-state index in [0.717, 1.165) is 24.1 Å². The van der Waals surface area contributed by atoms with Gasteiger partial charge in [0.1, 0.15) is 11.9 Å². The molecule has 1 atom stereocenters. The Hall–Kier alpha value is -2.35. The fourth-order valence-electron chi connectivity index (χ4n) is 2.06. The second-order valence-corrected chi connectivity index (χ2v) is 4.76. The van der Waals surface area contributed by atoms with Crippen LogP contribution in [0.5, 0.6) is 0 Å². The molecule has 0 aliphatic rings. The molecule has 0 aliphatic carbocycles. The molecule has 0 saturated heterocycles. The van der Waals surface area contributed by atoms with E-state index >= 15 is 0 Å². The molecule has 20 heavy (non-hydrogen) atoms. The van der Waals surface area contributed by atoms with Crippen LogP contribution in [-0.4, -0.2) is 9.78 Å². The van der Waals surface area contributed by atoms with E-state index < -0.39 is 6.04 Å². The molecule has 4 nitrogen and oxygen atoms in total. The van der Waals surface area contributed by atoms with E-state index in [1.165, 1.54) is 12.1 Å². The zero-order valence-corrected chi connectivity index (χ0v) is 11.6. The number of aryl methyl sites for hydroxylation is 2. The van der Waals surface area contributed by atoms with Crippen molar-refractivity contribution in [3.8, 4) is 6.07 Å². The summed E-state index contributed by atoms with van der Waals surface area (Å²) in [6.07, 6.45) is 4.49. The van der Waals surface area contributed by atoms with Crippen molar-refractivity contribution in [3.05, 3.63) is 47.5 Å². The van der Waals surface area contributed by atoms with Gasteiger partial charge in [0.25, 0.3) is 0 Å². The summed E-state index contributed by atoms with van der Waals surface area (Å²) in [4.78, 5) is 0. The van der Waals surface area contributed by atoms with Gasteiger partial charge in [0.15, 0.2) is 0 Å². The van der Waals surface area contributed by atoms with Crippen molar-refractivity contribution in [2.24, 2.45) is 0 Å². The summed E-state index contributed by atoms with van der Waals surface area (Å²) in [5.74, 6) is -0.314. The van der Waals surface area contributed by atoms with Crippen LogP contribution in [0.15, 0.2) is 30.6 Å². The Morgan fingerprint density at radius 1 is 1.45 bits per heavy atom. The van der Waals surface area contributed by atoms with Gasteiger partial charge in [-0.15, -0.1) is 0 Å². The predicted molar refractivity (Wildman–Crippen MR) is 75.6 cm³/mol. The first-order chi connectivity index (χ1) is 9.62. The molecule has 0 aliphatic heterocycles. The minimum absolute atomic E-state index is 0.314. The van der Waals surface area contributed by atoms with E-state index in [0.29, 0.717) is 5.69 Å². The number of aromatic nitrogens is 2. The van der Waals surface area contributed by atoms with Gasteiger partial charge in [-0.25, -0.2) is 4.39 Å². The van der Waals surface area contributed by atoms with Gasteiger partial charge in [-0.2, -0.15) is 10.4 Å². The molecular formula is C15H17FN4. The Balaban J connectivity index is 2.17. The third kappa shape index (κ3) is 3.35. The van der Waals surface area contributed by atoms with Gasteiger partial charge in [-0.3, -0.25) is 4.68 Å². The lowest BCUT2D eigenvalue weighted by atomic mass is 10.1. The number of halogens is 1. The van der Waals surface area contributed by atoms with Crippen LogP contribution in [0.4, 0.5) is 10.1 Å². The topological polar surface area (TPSA) is 53.6 Å². The van der Waals surface area contributed by atoms with E-state index in [1.807, 2.05) is 19.2 Å². The monoisotopic (exact) mass is 272 g/mol. The Bertz CT molecular complexity index is 607. The van der Waals surface area contributed by atoms with E-state index in [9.17, 15) is 9.65 Å². The van der Waals surface area contributed by atoms with Crippen LogP contribution in [0, 0.1) is 24.1 Å². The highest BCUT2D eigenvalue weighted by Gasteiger charge is 2.13. The Morgan fingerprint density at radius 2 is 2.25 bits per heavy atom. The van der Waals surface area contributed by atoms with Gasteiger partial charge in [0.05, 0.1) is 12.3 Å². The molecule has 1 aromatic heterocycles. The first-order valence-electron chi connectivity index (χ1n) is 6.58. The van der Waals surface area contributed by atoms with Crippen molar-refractivity contribution in [2.75, 3.05) is 5.32 Å². The van der Waals surface area contributed by atoms with Crippen molar-refractivity contribution in [1.82, 2.24) is 9.78 Å². The van der Waals surface area contributed by atoms with Gasteiger partial charge in [0.2, 0.25) is 0 Å². The van der Waals surface area contributed by atoms with Gasteiger partial charge < -0.3 is 5.32 Å². The molecule has 0 saturated carbocycles. The number of hydrogen-bond acceptors (Lipinski definition) is 3. The van der Waals surface area contributed by atoms with Crippen molar-refractivity contribution < 1.29 is 4.39 Å². The maximum atomic E-state index is 13.3. The van der Waals surface area contributed by atoms with Crippen LogP contribution < -0.4 is 5.32 Å². The summed E-state index contributed by atoms with van der Waals surface area (Å²) in [6.45, 7) is 4.70. The molecule has 0 fully saturated rings. The largest absolute Gasteiger partial charge is 0.366 e. The third-order valence-corrected chi connectivity index (χ3v) is 2.92. The summed E-state index contributed by atoms with van der Waals surface area (Å²) in [5, 5.41) is 16.5. The van der Waals surface area contributed by atoms with Gasteiger partial charge in [0, 0.05) is 24.0 Å². The molecule has 2 rings (SSSR count). The first kappa shape index (κ1) is 14.1. The van der Waals surface area contributed by atoms with E-state index in [4.69, 9.17) is 0 Å². The standard InChI is InChI=1S/C15H17FN4/c1-3-4-20-10-12(9-18-20)15(8-17)19-14-6-11(2)5-13(16)7-14/h5-7,9-10,15,19H,3-4H2,1-2H3. The van der Waals surface area contributed by atoms with Gasteiger partial charge in [-0.1, -0.05) is 6.92 Å². The number of nitriles is 1.